The summed E-state index contributed by atoms with van der Waals surface area (Å²) in [5.41, 5.74) is -1.25. The summed E-state index contributed by atoms with van der Waals surface area (Å²) in [4.78, 5) is 22.3. The van der Waals surface area contributed by atoms with Crippen LogP contribution in [0.2, 0.25) is 0 Å². The minimum absolute atomic E-state index is 0.361. The van der Waals surface area contributed by atoms with Gasteiger partial charge >= 0.3 is 12.1 Å². The SMILES string of the molecule is CC12CCC(OC(=O)O)(OC1=O)C2(C)C. The number of carbonyl (C=O) groups is 2. The topological polar surface area (TPSA) is 72.8 Å². The summed E-state index contributed by atoms with van der Waals surface area (Å²) in [7, 11) is 0. The Kier molecular flexibility index (Phi) is 1.68. The lowest BCUT2D eigenvalue weighted by Crippen LogP contribution is -2.44. The van der Waals surface area contributed by atoms with E-state index in [-0.39, 0.29) is 5.97 Å². The molecule has 5 heteroatoms. The maximum Gasteiger partial charge on any atom is 0.509 e. The summed E-state index contributed by atoms with van der Waals surface area (Å²) in [6, 6.07) is 0. The van der Waals surface area contributed by atoms with E-state index in [1.165, 1.54) is 0 Å². The molecule has 0 amide bonds. The summed E-state index contributed by atoms with van der Waals surface area (Å²) in [5, 5.41) is 8.68. The van der Waals surface area contributed by atoms with Gasteiger partial charge in [-0.1, -0.05) is 13.8 Å². The zero-order valence-electron chi connectivity index (χ0n) is 8.99. The molecule has 5 nitrogen and oxygen atoms in total. The van der Waals surface area contributed by atoms with Gasteiger partial charge in [0.05, 0.1) is 10.8 Å². The van der Waals surface area contributed by atoms with Crippen LogP contribution >= 0.6 is 0 Å². The number of hydrogen-bond acceptors (Lipinski definition) is 4. The highest BCUT2D eigenvalue weighted by atomic mass is 16.8. The van der Waals surface area contributed by atoms with Gasteiger partial charge < -0.3 is 14.6 Å². The second-order valence-electron chi connectivity index (χ2n) is 4.97. The van der Waals surface area contributed by atoms with Gasteiger partial charge in [-0.2, -0.15) is 0 Å². The summed E-state index contributed by atoms with van der Waals surface area (Å²) >= 11 is 0. The Balaban J connectivity index is 2.44. The molecule has 2 rings (SSSR count). The van der Waals surface area contributed by atoms with Crippen LogP contribution in [0.3, 0.4) is 0 Å². The van der Waals surface area contributed by atoms with Crippen molar-refractivity contribution in [2.75, 3.05) is 0 Å². The quantitative estimate of drug-likeness (QED) is 0.673. The first kappa shape index (κ1) is 10.3. The lowest BCUT2D eigenvalue weighted by molar-refractivity contribution is -0.221. The van der Waals surface area contributed by atoms with Gasteiger partial charge in [-0.15, -0.1) is 0 Å². The van der Waals surface area contributed by atoms with Crippen molar-refractivity contribution in [3.05, 3.63) is 0 Å². The molecular weight excluding hydrogens is 200 g/mol. The van der Waals surface area contributed by atoms with Gasteiger partial charge in [-0.3, -0.25) is 4.79 Å². The molecule has 1 saturated heterocycles. The number of carboxylic acid groups (broad SMARTS) is 1. The Labute approximate surface area is 87.4 Å². The fourth-order valence-corrected chi connectivity index (χ4v) is 2.60. The van der Waals surface area contributed by atoms with Gasteiger partial charge in [0, 0.05) is 6.42 Å². The fraction of sp³-hybridized carbons (Fsp3) is 0.800. The molecule has 0 aromatic heterocycles. The lowest BCUT2D eigenvalue weighted by Gasteiger charge is -2.34. The van der Waals surface area contributed by atoms with Crippen molar-refractivity contribution >= 4 is 12.1 Å². The molecule has 2 unspecified atom stereocenters. The number of esters is 1. The molecule has 0 spiro atoms. The van der Waals surface area contributed by atoms with E-state index < -0.39 is 22.8 Å². The summed E-state index contributed by atoms with van der Waals surface area (Å²) in [6.07, 6.45) is -0.359. The normalized spacial score (nSPS) is 41.4. The van der Waals surface area contributed by atoms with Crippen molar-refractivity contribution in [1.82, 2.24) is 0 Å². The highest BCUT2D eigenvalue weighted by molar-refractivity contribution is 5.82. The number of rotatable bonds is 1. The predicted molar refractivity (Wildman–Crippen MR) is 49.1 cm³/mol. The largest absolute Gasteiger partial charge is 0.509 e. The highest BCUT2D eigenvalue weighted by Crippen LogP contribution is 2.65. The summed E-state index contributed by atoms with van der Waals surface area (Å²) < 4.78 is 9.95. The van der Waals surface area contributed by atoms with E-state index in [4.69, 9.17) is 14.6 Å². The van der Waals surface area contributed by atoms with Crippen LogP contribution < -0.4 is 0 Å². The molecule has 2 aliphatic rings. The van der Waals surface area contributed by atoms with Crippen LogP contribution in [0.5, 0.6) is 0 Å². The van der Waals surface area contributed by atoms with E-state index in [1.54, 1.807) is 6.92 Å². The van der Waals surface area contributed by atoms with Crippen molar-refractivity contribution < 1.29 is 24.2 Å². The Hall–Kier alpha value is -1.26. The van der Waals surface area contributed by atoms with Gasteiger partial charge in [0.25, 0.3) is 5.79 Å². The van der Waals surface area contributed by atoms with Crippen molar-refractivity contribution in [2.45, 2.75) is 39.4 Å². The zero-order valence-corrected chi connectivity index (χ0v) is 8.99. The minimum atomic E-state index is -1.40. The van der Waals surface area contributed by atoms with Crippen molar-refractivity contribution in [2.24, 2.45) is 10.8 Å². The number of carbonyl (C=O) groups excluding carboxylic acids is 1. The van der Waals surface area contributed by atoms with Crippen molar-refractivity contribution in [3.63, 3.8) is 0 Å². The summed E-state index contributed by atoms with van der Waals surface area (Å²) in [5.74, 6) is -1.65. The average molecular weight is 214 g/mol. The van der Waals surface area contributed by atoms with E-state index in [2.05, 4.69) is 0 Å². The zero-order chi connectivity index (χ0) is 11.5. The molecule has 2 bridgehead atoms. The van der Waals surface area contributed by atoms with Gasteiger partial charge in [-0.05, 0) is 13.3 Å². The van der Waals surface area contributed by atoms with Crippen molar-refractivity contribution in [3.8, 4) is 0 Å². The van der Waals surface area contributed by atoms with E-state index in [9.17, 15) is 9.59 Å². The van der Waals surface area contributed by atoms with Crippen LogP contribution in [-0.4, -0.2) is 23.0 Å². The number of ether oxygens (including phenoxy) is 2. The van der Waals surface area contributed by atoms with Crippen LogP contribution in [0.15, 0.2) is 0 Å². The second kappa shape index (κ2) is 2.46. The Bertz CT molecular complexity index is 344. The van der Waals surface area contributed by atoms with Crippen LogP contribution in [0.4, 0.5) is 4.79 Å². The van der Waals surface area contributed by atoms with Crippen LogP contribution in [-0.2, 0) is 14.3 Å². The smallest absolute Gasteiger partial charge is 0.450 e. The van der Waals surface area contributed by atoms with Crippen molar-refractivity contribution in [1.29, 1.82) is 0 Å². The van der Waals surface area contributed by atoms with Crippen LogP contribution in [0.1, 0.15) is 33.6 Å². The number of hydrogen-bond donors (Lipinski definition) is 1. The maximum atomic E-state index is 11.7. The summed E-state index contributed by atoms with van der Waals surface area (Å²) in [6.45, 7) is 5.43. The molecular formula is C10H14O5. The first-order valence-corrected chi connectivity index (χ1v) is 4.91. The second-order valence-corrected chi connectivity index (χ2v) is 4.97. The molecule has 84 valence electrons. The predicted octanol–water partition coefficient (Wildman–Crippen LogP) is 1.76. The molecule has 1 saturated carbocycles. The standard InChI is InChI=1S/C10H14O5/c1-8(2)9(3)4-5-10(8,14-6(9)11)15-7(12)13/h4-5H2,1-3H3,(H,12,13). The molecule has 0 aromatic rings. The highest BCUT2D eigenvalue weighted by Gasteiger charge is 2.75. The van der Waals surface area contributed by atoms with Gasteiger partial charge in [-0.25, -0.2) is 4.79 Å². The molecule has 0 radical (unpaired) electrons. The third-order valence-corrected chi connectivity index (χ3v) is 4.25. The minimum Gasteiger partial charge on any atom is -0.450 e. The van der Waals surface area contributed by atoms with E-state index in [1.807, 2.05) is 13.8 Å². The molecule has 1 aliphatic carbocycles. The Morgan fingerprint density at radius 2 is 2.00 bits per heavy atom. The average Bonchev–Trinajstić information content (AvgIpc) is 2.33. The Morgan fingerprint density at radius 1 is 1.40 bits per heavy atom. The lowest BCUT2D eigenvalue weighted by atomic mass is 9.69. The molecule has 1 heterocycles. The van der Waals surface area contributed by atoms with Crippen LogP contribution in [0.25, 0.3) is 0 Å². The molecule has 15 heavy (non-hydrogen) atoms. The van der Waals surface area contributed by atoms with Gasteiger partial charge in [0.2, 0.25) is 0 Å². The molecule has 1 N–H and O–H groups in total. The molecule has 0 aromatic carbocycles. The maximum absolute atomic E-state index is 11.7. The van der Waals surface area contributed by atoms with Gasteiger partial charge in [0.15, 0.2) is 0 Å². The van der Waals surface area contributed by atoms with Crippen LogP contribution in [0, 0.1) is 10.8 Å². The molecule has 1 aliphatic heterocycles. The van der Waals surface area contributed by atoms with E-state index >= 15 is 0 Å². The number of fused-ring (bicyclic) bond motifs is 2. The van der Waals surface area contributed by atoms with E-state index in [0.717, 1.165) is 0 Å². The third kappa shape index (κ3) is 0.931. The fourth-order valence-electron chi connectivity index (χ4n) is 2.60. The third-order valence-electron chi connectivity index (χ3n) is 4.25. The first-order valence-electron chi connectivity index (χ1n) is 4.91. The first-order chi connectivity index (χ1) is 6.75. The Morgan fingerprint density at radius 3 is 2.33 bits per heavy atom. The van der Waals surface area contributed by atoms with E-state index in [0.29, 0.717) is 12.8 Å². The molecule has 2 atom stereocenters. The molecule has 2 fully saturated rings. The van der Waals surface area contributed by atoms with Gasteiger partial charge in [0.1, 0.15) is 0 Å². The monoisotopic (exact) mass is 214 g/mol.